The minimum Gasteiger partial charge on any atom is -0.496 e. The Morgan fingerprint density at radius 1 is 0.698 bits per heavy atom. The monoisotopic (exact) mass is 618 g/mol. The molecule has 1 fully saturated rings. The third kappa shape index (κ3) is 5.10. The molecule has 0 aromatic heterocycles. The fourth-order valence-electron chi connectivity index (χ4n) is 6.16. The second-order valence-electron chi connectivity index (χ2n) is 10.5. The zero-order valence-electron chi connectivity index (χ0n) is 24.3. The first-order chi connectivity index (χ1) is 20.6. The van der Waals surface area contributed by atoms with Crippen LogP contribution in [0.5, 0.6) is 17.2 Å². The molecule has 0 heterocycles. The first kappa shape index (κ1) is 30.4. The number of methoxy groups -OCH3 is 3. The van der Waals surface area contributed by atoms with E-state index in [4.69, 9.17) is 14.2 Å². The third-order valence-corrected chi connectivity index (χ3v) is 13.9. The minimum atomic E-state index is -4.44. The van der Waals surface area contributed by atoms with Gasteiger partial charge in [0.1, 0.15) is 17.2 Å². The molecule has 2 atom stereocenters. The molecule has 0 aliphatic heterocycles. The largest absolute Gasteiger partial charge is 0.496 e. The van der Waals surface area contributed by atoms with E-state index in [9.17, 15) is 16.8 Å². The lowest BCUT2D eigenvalue weighted by Crippen LogP contribution is -2.44. The molecule has 0 spiro atoms. The van der Waals surface area contributed by atoms with Gasteiger partial charge in [0, 0.05) is 30.0 Å². The van der Waals surface area contributed by atoms with Crippen molar-refractivity contribution in [3.63, 3.8) is 0 Å². The highest BCUT2D eigenvalue weighted by Crippen LogP contribution is 2.58. The Morgan fingerprint density at radius 2 is 1.14 bits per heavy atom. The summed E-state index contributed by atoms with van der Waals surface area (Å²) in [5, 5.41) is 0. The molecule has 0 N–H and O–H groups in total. The van der Waals surface area contributed by atoms with Crippen molar-refractivity contribution in [3.8, 4) is 17.2 Å². The van der Waals surface area contributed by atoms with Gasteiger partial charge in [0.2, 0.25) is 0 Å². The number of rotatable bonds is 10. The first-order valence-corrected chi connectivity index (χ1v) is 16.7. The van der Waals surface area contributed by atoms with Crippen LogP contribution in [0.3, 0.4) is 0 Å². The molecule has 1 aliphatic rings. The van der Waals surface area contributed by atoms with Gasteiger partial charge in [0.15, 0.2) is 23.8 Å². The van der Waals surface area contributed by atoms with Crippen LogP contribution < -0.4 is 14.2 Å². The molecule has 0 amide bonds. The average molecular weight is 619 g/mol. The van der Waals surface area contributed by atoms with Gasteiger partial charge in [0.05, 0.1) is 31.1 Å². The van der Waals surface area contributed by atoms with E-state index < -0.39 is 35.6 Å². The van der Waals surface area contributed by atoms with Gasteiger partial charge in [-0.3, -0.25) is 0 Å². The van der Waals surface area contributed by atoms with Crippen LogP contribution in [0.25, 0.3) is 0 Å². The summed E-state index contributed by atoms with van der Waals surface area (Å²) in [6.07, 6.45) is -0.492. The summed E-state index contributed by atoms with van der Waals surface area (Å²) in [6.45, 7) is 4.33. The van der Waals surface area contributed by atoms with Gasteiger partial charge in [-0.25, -0.2) is 16.8 Å². The maximum atomic E-state index is 14.6. The number of hydrogen-bond donors (Lipinski definition) is 0. The summed E-state index contributed by atoms with van der Waals surface area (Å²) in [7, 11) is -4.28. The normalized spacial score (nSPS) is 17.3. The SMILES string of the molecule is C=C1CC(S(=O)(=O)c2ccccc2)(S(=O)(=O)c2ccccc2)C[C@@H]1[C@H](c1ccccc1)c1c(OC)cc(OC)cc1OC. The Labute approximate surface area is 253 Å². The fourth-order valence-corrected chi connectivity index (χ4v) is 11.3. The smallest absolute Gasteiger partial charge is 0.199 e. The van der Waals surface area contributed by atoms with Crippen LogP contribution in [0.15, 0.2) is 125 Å². The lowest BCUT2D eigenvalue weighted by molar-refractivity contribution is 0.360. The zero-order chi connectivity index (χ0) is 30.8. The zero-order valence-corrected chi connectivity index (χ0v) is 25.9. The van der Waals surface area contributed by atoms with Crippen LogP contribution in [0.4, 0.5) is 0 Å². The standard InChI is InChI=1S/C34H34O7S2/c1-24-22-34(42(35,36)27-16-10-6-11-17-27,43(37,38)28-18-12-7-13-19-28)23-29(24)32(25-14-8-5-9-15-25)33-30(40-3)20-26(39-2)21-31(33)41-4/h5-21,29,32H,1,22-23H2,2-4H3/t29-,32-/m0/s1. The van der Waals surface area contributed by atoms with Gasteiger partial charge >= 0.3 is 0 Å². The predicted octanol–water partition coefficient (Wildman–Crippen LogP) is 6.45. The van der Waals surface area contributed by atoms with E-state index in [1.165, 1.54) is 38.5 Å². The van der Waals surface area contributed by atoms with Gasteiger partial charge in [-0.15, -0.1) is 0 Å². The number of hydrogen-bond acceptors (Lipinski definition) is 7. The van der Waals surface area contributed by atoms with Crippen LogP contribution >= 0.6 is 0 Å². The van der Waals surface area contributed by atoms with Crippen molar-refractivity contribution in [3.05, 3.63) is 126 Å². The van der Waals surface area contributed by atoms with Gasteiger partial charge in [-0.2, -0.15) is 0 Å². The van der Waals surface area contributed by atoms with Gasteiger partial charge in [0.25, 0.3) is 0 Å². The predicted molar refractivity (Wildman–Crippen MR) is 166 cm³/mol. The Hall–Kier alpha value is -4.08. The van der Waals surface area contributed by atoms with Gasteiger partial charge in [-0.05, 0) is 42.2 Å². The summed E-state index contributed by atoms with van der Waals surface area (Å²) < 4.78 is 73.3. The van der Waals surface area contributed by atoms with Crippen molar-refractivity contribution >= 4 is 19.7 Å². The number of allylic oxidation sites excluding steroid dienone is 1. The maximum absolute atomic E-state index is 14.6. The van der Waals surface area contributed by atoms with E-state index >= 15 is 0 Å². The van der Waals surface area contributed by atoms with Crippen molar-refractivity contribution in [1.82, 2.24) is 0 Å². The van der Waals surface area contributed by atoms with Crippen LogP contribution in [0, 0.1) is 5.92 Å². The molecule has 0 radical (unpaired) electrons. The lowest BCUT2D eigenvalue weighted by atomic mass is 9.77. The molecule has 0 saturated heterocycles. The molecule has 9 heteroatoms. The summed E-state index contributed by atoms with van der Waals surface area (Å²) in [6, 6.07) is 28.5. The van der Waals surface area contributed by atoms with E-state index in [1.807, 2.05) is 30.3 Å². The van der Waals surface area contributed by atoms with Gasteiger partial charge in [-0.1, -0.05) is 78.9 Å². The molecule has 7 nitrogen and oxygen atoms in total. The quantitative estimate of drug-likeness (QED) is 0.188. The molecular weight excluding hydrogens is 585 g/mol. The van der Waals surface area contributed by atoms with Crippen molar-refractivity contribution in [1.29, 1.82) is 0 Å². The Morgan fingerprint density at radius 3 is 1.56 bits per heavy atom. The van der Waals surface area contributed by atoms with E-state index in [0.29, 0.717) is 28.4 Å². The molecule has 4 aromatic carbocycles. The first-order valence-electron chi connectivity index (χ1n) is 13.7. The molecule has 0 bridgehead atoms. The Balaban J connectivity index is 1.78. The average Bonchev–Trinajstić information content (AvgIpc) is 3.41. The Bertz CT molecular complexity index is 1730. The summed E-state index contributed by atoms with van der Waals surface area (Å²) >= 11 is 0. The van der Waals surface area contributed by atoms with Crippen LogP contribution in [-0.4, -0.2) is 42.2 Å². The van der Waals surface area contributed by atoms with Crippen molar-refractivity contribution in [2.24, 2.45) is 5.92 Å². The molecule has 5 rings (SSSR count). The van der Waals surface area contributed by atoms with E-state index in [2.05, 4.69) is 6.58 Å². The minimum absolute atomic E-state index is 0.0566. The summed E-state index contributed by atoms with van der Waals surface area (Å²) in [5.41, 5.74) is 1.99. The van der Waals surface area contributed by atoms with E-state index in [0.717, 1.165) is 5.56 Å². The highest BCUT2D eigenvalue weighted by Gasteiger charge is 2.62. The Kier molecular flexibility index (Phi) is 8.40. The molecule has 0 unspecified atom stereocenters. The highest BCUT2D eigenvalue weighted by molar-refractivity contribution is 8.10. The maximum Gasteiger partial charge on any atom is 0.199 e. The van der Waals surface area contributed by atoms with Gasteiger partial charge < -0.3 is 14.2 Å². The molecule has 1 saturated carbocycles. The number of ether oxygens (including phenoxy) is 3. The van der Waals surface area contributed by atoms with E-state index in [-0.39, 0.29) is 22.6 Å². The third-order valence-electron chi connectivity index (χ3n) is 8.26. The van der Waals surface area contributed by atoms with Crippen molar-refractivity contribution in [2.75, 3.05) is 21.3 Å². The molecule has 1 aliphatic carbocycles. The number of benzene rings is 4. The molecule has 43 heavy (non-hydrogen) atoms. The molecule has 4 aromatic rings. The topological polar surface area (TPSA) is 96.0 Å². The lowest BCUT2D eigenvalue weighted by Gasteiger charge is -2.32. The number of sulfone groups is 2. The summed E-state index contributed by atoms with van der Waals surface area (Å²) in [5.74, 6) is 0.278. The van der Waals surface area contributed by atoms with Crippen LogP contribution in [-0.2, 0) is 19.7 Å². The second kappa shape index (κ2) is 11.9. The van der Waals surface area contributed by atoms with Crippen LogP contribution in [0.1, 0.15) is 29.9 Å². The molecular formula is C34H34O7S2. The fraction of sp³-hybridized carbons (Fsp3) is 0.235. The van der Waals surface area contributed by atoms with Crippen molar-refractivity contribution < 1.29 is 31.0 Å². The molecule has 224 valence electrons. The highest BCUT2D eigenvalue weighted by atomic mass is 32.3. The summed E-state index contributed by atoms with van der Waals surface area (Å²) in [4.78, 5) is -0.113. The van der Waals surface area contributed by atoms with Crippen LogP contribution in [0.2, 0.25) is 0 Å². The van der Waals surface area contributed by atoms with Crippen molar-refractivity contribution in [2.45, 2.75) is 32.6 Å². The van der Waals surface area contributed by atoms with E-state index in [1.54, 1.807) is 55.6 Å². The second-order valence-corrected chi connectivity index (χ2v) is 15.3.